The van der Waals surface area contributed by atoms with E-state index >= 15 is 0 Å². The van der Waals surface area contributed by atoms with Gasteiger partial charge in [0, 0.05) is 16.4 Å². The van der Waals surface area contributed by atoms with Gasteiger partial charge in [0.2, 0.25) is 0 Å². The highest BCUT2D eigenvalue weighted by atomic mass is 79.9. The third-order valence-corrected chi connectivity index (χ3v) is 3.96. The number of rotatable bonds is 1. The van der Waals surface area contributed by atoms with E-state index in [1.165, 1.54) is 29.5 Å². The molecule has 1 saturated heterocycles. The summed E-state index contributed by atoms with van der Waals surface area (Å²) < 4.78 is 1.21. The van der Waals surface area contributed by atoms with Gasteiger partial charge in [-0.05, 0) is 36.6 Å². The summed E-state index contributed by atoms with van der Waals surface area (Å²) in [6.45, 7) is 2.39. The van der Waals surface area contributed by atoms with Gasteiger partial charge in [0.25, 0.3) is 0 Å². The van der Waals surface area contributed by atoms with Crippen molar-refractivity contribution in [3.8, 4) is 0 Å². The summed E-state index contributed by atoms with van der Waals surface area (Å²) in [5, 5.41) is 3.47. The van der Waals surface area contributed by atoms with Crippen LogP contribution in [-0.2, 0) is 5.41 Å². The molecule has 2 atom stereocenters. The topological polar surface area (TPSA) is 12.0 Å². The molecule has 1 heterocycles. The Hall–Kier alpha value is -0.340. The lowest BCUT2D eigenvalue weighted by Gasteiger charge is -2.12. The van der Waals surface area contributed by atoms with E-state index in [4.69, 9.17) is 0 Å². The van der Waals surface area contributed by atoms with Gasteiger partial charge in [0.05, 0.1) is 0 Å². The van der Waals surface area contributed by atoms with Crippen molar-refractivity contribution in [3.63, 3.8) is 0 Å². The Labute approximate surface area is 86.7 Å². The fourth-order valence-corrected chi connectivity index (χ4v) is 2.99. The first-order valence-corrected chi connectivity index (χ1v) is 5.57. The van der Waals surface area contributed by atoms with Crippen LogP contribution in [0.3, 0.4) is 0 Å². The van der Waals surface area contributed by atoms with E-state index in [0.717, 1.165) is 5.92 Å². The number of benzene rings is 1. The molecule has 0 spiro atoms. The second-order valence-corrected chi connectivity index (χ2v) is 5.11. The van der Waals surface area contributed by atoms with E-state index in [1.807, 2.05) is 0 Å². The predicted octanol–water partition coefficient (Wildman–Crippen LogP) is 2.31. The van der Waals surface area contributed by atoms with Crippen molar-refractivity contribution >= 4 is 15.9 Å². The largest absolute Gasteiger partial charge is 0.316 e. The highest BCUT2D eigenvalue weighted by Crippen LogP contribution is 2.56. The normalized spacial score (nSPS) is 35.9. The van der Waals surface area contributed by atoms with Crippen LogP contribution in [-0.4, -0.2) is 13.1 Å². The lowest BCUT2D eigenvalue weighted by molar-refractivity contribution is 0.675. The summed E-state index contributed by atoms with van der Waals surface area (Å²) in [6.07, 6.45) is 1.39. The molecule has 1 saturated carbocycles. The number of hydrogen-bond acceptors (Lipinski definition) is 1. The van der Waals surface area contributed by atoms with E-state index < -0.39 is 0 Å². The second kappa shape index (κ2) is 2.58. The summed E-state index contributed by atoms with van der Waals surface area (Å²) in [5.74, 6) is 0.904. The zero-order valence-electron chi connectivity index (χ0n) is 7.39. The van der Waals surface area contributed by atoms with Crippen molar-refractivity contribution in [2.24, 2.45) is 5.92 Å². The molecule has 1 aromatic rings. The maximum absolute atomic E-state index is 3.53. The van der Waals surface area contributed by atoms with Crippen LogP contribution in [0.25, 0.3) is 0 Å². The fraction of sp³-hybridized carbons (Fsp3) is 0.455. The second-order valence-electron chi connectivity index (χ2n) is 4.20. The summed E-state index contributed by atoms with van der Waals surface area (Å²) in [5.41, 5.74) is 2.01. The minimum atomic E-state index is 0.504. The zero-order valence-corrected chi connectivity index (χ0v) is 8.97. The molecular formula is C11H12BrN. The Morgan fingerprint density at radius 3 is 3.00 bits per heavy atom. The third kappa shape index (κ3) is 1.09. The van der Waals surface area contributed by atoms with Gasteiger partial charge in [-0.3, -0.25) is 0 Å². The highest BCUT2D eigenvalue weighted by Gasteiger charge is 2.57. The smallest absolute Gasteiger partial charge is 0.0178 e. The predicted molar refractivity (Wildman–Crippen MR) is 56.8 cm³/mol. The molecule has 3 rings (SSSR count). The SMILES string of the molecule is Brc1cccc(C23CNC[C@H]2C3)c1. The quantitative estimate of drug-likeness (QED) is 0.791. The third-order valence-electron chi connectivity index (χ3n) is 3.46. The van der Waals surface area contributed by atoms with Gasteiger partial charge in [-0.2, -0.15) is 0 Å². The number of halogens is 1. The Balaban J connectivity index is 2.01. The van der Waals surface area contributed by atoms with Crippen molar-refractivity contribution in [1.29, 1.82) is 0 Å². The molecule has 2 heteroatoms. The van der Waals surface area contributed by atoms with Crippen molar-refractivity contribution in [2.75, 3.05) is 13.1 Å². The Kier molecular flexibility index (Phi) is 1.59. The van der Waals surface area contributed by atoms with Gasteiger partial charge >= 0.3 is 0 Å². The Morgan fingerprint density at radius 1 is 1.46 bits per heavy atom. The summed E-state index contributed by atoms with van der Waals surface area (Å²) in [6, 6.07) is 8.77. The van der Waals surface area contributed by atoms with Gasteiger partial charge in [-0.25, -0.2) is 0 Å². The van der Waals surface area contributed by atoms with Crippen molar-refractivity contribution in [3.05, 3.63) is 34.3 Å². The first-order chi connectivity index (χ1) is 6.31. The maximum Gasteiger partial charge on any atom is 0.0178 e. The van der Waals surface area contributed by atoms with Crippen LogP contribution in [0.2, 0.25) is 0 Å². The van der Waals surface area contributed by atoms with Crippen LogP contribution in [0.15, 0.2) is 28.7 Å². The molecule has 1 nitrogen and oxygen atoms in total. The van der Waals surface area contributed by atoms with Gasteiger partial charge in [-0.15, -0.1) is 0 Å². The first-order valence-electron chi connectivity index (χ1n) is 4.78. The molecule has 1 aliphatic heterocycles. The molecule has 0 radical (unpaired) electrons. The lowest BCUT2D eigenvalue weighted by Crippen LogP contribution is -2.19. The molecule has 0 amide bonds. The summed E-state index contributed by atoms with van der Waals surface area (Å²) in [4.78, 5) is 0. The molecule has 1 aromatic carbocycles. The number of piperidine rings is 1. The Morgan fingerprint density at radius 2 is 2.38 bits per heavy atom. The molecular weight excluding hydrogens is 226 g/mol. The molecule has 2 fully saturated rings. The van der Waals surface area contributed by atoms with Crippen LogP contribution in [0.1, 0.15) is 12.0 Å². The van der Waals surface area contributed by atoms with E-state index in [9.17, 15) is 0 Å². The molecule has 0 bridgehead atoms. The van der Waals surface area contributed by atoms with Crippen LogP contribution in [0, 0.1) is 5.92 Å². The van der Waals surface area contributed by atoms with Crippen molar-refractivity contribution in [1.82, 2.24) is 5.32 Å². The zero-order chi connectivity index (χ0) is 8.89. The van der Waals surface area contributed by atoms with Crippen LogP contribution in [0.4, 0.5) is 0 Å². The summed E-state index contributed by atoms with van der Waals surface area (Å²) >= 11 is 3.53. The fourth-order valence-electron chi connectivity index (χ4n) is 2.59. The first kappa shape index (κ1) is 8.01. The molecule has 68 valence electrons. The standard InChI is InChI=1S/C11H12BrN/c12-10-3-1-2-8(4-10)11-5-9(11)6-13-7-11/h1-4,9,13H,5-7H2/t9-,11?/m1/s1. The molecule has 13 heavy (non-hydrogen) atoms. The van der Waals surface area contributed by atoms with Crippen molar-refractivity contribution < 1.29 is 0 Å². The van der Waals surface area contributed by atoms with E-state index in [-0.39, 0.29) is 0 Å². The maximum atomic E-state index is 3.53. The molecule has 1 unspecified atom stereocenters. The molecule has 1 N–H and O–H groups in total. The minimum absolute atomic E-state index is 0.504. The van der Waals surface area contributed by atoms with Crippen LogP contribution >= 0.6 is 15.9 Å². The minimum Gasteiger partial charge on any atom is -0.316 e. The molecule has 1 aliphatic carbocycles. The average Bonchev–Trinajstić information content (AvgIpc) is 2.70. The van der Waals surface area contributed by atoms with Gasteiger partial charge in [0.1, 0.15) is 0 Å². The Bertz CT molecular complexity index is 350. The van der Waals surface area contributed by atoms with Gasteiger partial charge < -0.3 is 5.32 Å². The van der Waals surface area contributed by atoms with E-state index in [2.05, 4.69) is 45.5 Å². The monoisotopic (exact) mass is 237 g/mol. The molecule has 2 aliphatic rings. The van der Waals surface area contributed by atoms with Crippen LogP contribution in [0.5, 0.6) is 0 Å². The molecule has 0 aromatic heterocycles. The van der Waals surface area contributed by atoms with Gasteiger partial charge in [-0.1, -0.05) is 28.1 Å². The average molecular weight is 238 g/mol. The number of hydrogen-bond donors (Lipinski definition) is 1. The number of fused-ring (bicyclic) bond motifs is 1. The van der Waals surface area contributed by atoms with Crippen LogP contribution < -0.4 is 5.32 Å². The lowest BCUT2D eigenvalue weighted by atomic mass is 9.95. The summed E-state index contributed by atoms with van der Waals surface area (Å²) in [7, 11) is 0. The van der Waals surface area contributed by atoms with E-state index in [0.29, 0.717) is 5.41 Å². The van der Waals surface area contributed by atoms with Crippen molar-refractivity contribution in [2.45, 2.75) is 11.8 Å². The number of nitrogens with one attached hydrogen (secondary N) is 1. The van der Waals surface area contributed by atoms with E-state index in [1.54, 1.807) is 0 Å². The van der Waals surface area contributed by atoms with Gasteiger partial charge in [0.15, 0.2) is 0 Å². The highest BCUT2D eigenvalue weighted by molar-refractivity contribution is 9.10.